The number of rotatable bonds is 3. The number of nitrogens with zero attached hydrogens (tertiary/aromatic N) is 1. The molecule has 2 atom stereocenters. The van der Waals surface area contributed by atoms with Crippen molar-refractivity contribution in [1.82, 2.24) is 10.2 Å². The van der Waals surface area contributed by atoms with Gasteiger partial charge in [-0.15, -0.1) is 0 Å². The van der Waals surface area contributed by atoms with E-state index in [0.717, 1.165) is 51.4 Å². The van der Waals surface area contributed by atoms with Crippen molar-refractivity contribution in [2.45, 2.75) is 57.4 Å². The molecular weight excluding hydrogens is 256 g/mol. The summed E-state index contributed by atoms with van der Waals surface area (Å²) in [5.74, 6) is -0.745. The average Bonchev–Trinajstić information content (AvgIpc) is 3.03. The smallest absolute Gasteiger partial charge is 0.240 e. The van der Waals surface area contributed by atoms with Crippen LogP contribution in [0.15, 0.2) is 0 Å². The normalized spacial score (nSPS) is 30.7. The summed E-state index contributed by atoms with van der Waals surface area (Å²) in [6.07, 6.45) is 7.96. The van der Waals surface area contributed by atoms with E-state index in [1.807, 2.05) is 0 Å². The Kier molecular flexibility index (Phi) is 3.76. The van der Waals surface area contributed by atoms with E-state index in [2.05, 4.69) is 5.32 Å². The molecule has 3 aliphatic rings. The summed E-state index contributed by atoms with van der Waals surface area (Å²) in [5, 5.41) is 2.94. The highest BCUT2D eigenvalue weighted by molar-refractivity contribution is 6.07. The summed E-state index contributed by atoms with van der Waals surface area (Å²) >= 11 is 0. The molecule has 3 amide bonds. The molecule has 1 N–H and O–H groups in total. The highest BCUT2D eigenvalue weighted by Crippen LogP contribution is 2.37. The first kappa shape index (κ1) is 13.6. The number of nitrogens with one attached hydrogen (secondary N) is 1. The first-order valence-electron chi connectivity index (χ1n) is 7.81. The second kappa shape index (κ2) is 5.54. The van der Waals surface area contributed by atoms with Crippen molar-refractivity contribution >= 4 is 17.7 Å². The number of fused-ring (bicyclic) bond motifs is 1. The highest BCUT2D eigenvalue weighted by atomic mass is 16.2. The van der Waals surface area contributed by atoms with E-state index in [9.17, 15) is 14.4 Å². The zero-order chi connectivity index (χ0) is 14.1. The van der Waals surface area contributed by atoms with Crippen LogP contribution in [0.1, 0.15) is 51.4 Å². The monoisotopic (exact) mass is 278 g/mol. The maximum atomic E-state index is 12.2. The molecule has 20 heavy (non-hydrogen) atoms. The van der Waals surface area contributed by atoms with E-state index in [0.29, 0.717) is 0 Å². The van der Waals surface area contributed by atoms with Crippen LogP contribution in [0.4, 0.5) is 0 Å². The second-order valence-corrected chi connectivity index (χ2v) is 6.31. The van der Waals surface area contributed by atoms with Crippen molar-refractivity contribution < 1.29 is 14.4 Å². The van der Waals surface area contributed by atoms with Crippen LogP contribution in [0.5, 0.6) is 0 Å². The van der Waals surface area contributed by atoms with E-state index >= 15 is 0 Å². The van der Waals surface area contributed by atoms with Gasteiger partial charge in [-0.1, -0.05) is 25.7 Å². The largest absolute Gasteiger partial charge is 0.352 e. The molecule has 5 heteroatoms. The van der Waals surface area contributed by atoms with Gasteiger partial charge in [0.1, 0.15) is 6.54 Å². The number of imide groups is 1. The Labute approximate surface area is 119 Å². The lowest BCUT2D eigenvalue weighted by molar-refractivity contribution is -0.143. The molecule has 0 unspecified atom stereocenters. The topological polar surface area (TPSA) is 66.5 Å². The minimum absolute atomic E-state index is 0.0822. The molecule has 0 bridgehead atoms. The molecule has 0 aromatic rings. The molecule has 0 aromatic heterocycles. The molecule has 0 aromatic carbocycles. The van der Waals surface area contributed by atoms with Crippen molar-refractivity contribution in [2.24, 2.45) is 11.8 Å². The van der Waals surface area contributed by atoms with Crippen molar-refractivity contribution in [1.29, 1.82) is 0 Å². The van der Waals surface area contributed by atoms with Gasteiger partial charge in [-0.05, 0) is 25.7 Å². The third kappa shape index (κ3) is 2.45. The Balaban J connectivity index is 1.60. The van der Waals surface area contributed by atoms with Crippen molar-refractivity contribution in [3.63, 3.8) is 0 Å². The van der Waals surface area contributed by atoms with Gasteiger partial charge in [0.2, 0.25) is 17.7 Å². The molecule has 2 aliphatic carbocycles. The molecule has 110 valence electrons. The van der Waals surface area contributed by atoms with Crippen LogP contribution in [0.3, 0.4) is 0 Å². The Hall–Kier alpha value is -1.39. The standard InChI is InChI=1S/C15H22N2O3/c18-13(16-10-5-1-2-6-10)9-17-14(19)11-7-3-4-8-12(11)15(17)20/h10-12H,1-9H2,(H,16,18)/t11-,12+. The Morgan fingerprint density at radius 3 is 2.00 bits per heavy atom. The molecule has 3 rings (SSSR count). The fraction of sp³-hybridized carbons (Fsp3) is 0.800. The van der Waals surface area contributed by atoms with Crippen LogP contribution in [0.25, 0.3) is 0 Å². The quantitative estimate of drug-likeness (QED) is 0.789. The zero-order valence-corrected chi connectivity index (χ0v) is 11.8. The van der Waals surface area contributed by atoms with Crippen LogP contribution >= 0.6 is 0 Å². The number of carbonyl (C=O) groups excluding carboxylic acids is 3. The lowest BCUT2D eigenvalue weighted by Crippen LogP contribution is -2.43. The molecule has 1 saturated heterocycles. The summed E-state index contributed by atoms with van der Waals surface area (Å²) in [5.41, 5.74) is 0. The minimum atomic E-state index is -0.183. The van der Waals surface area contributed by atoms with Crippen LogP contribution < -0.4 is 5.32 Å². The Morgan fingerprint density at radius 2 is 1.45 bits per heavy atom. The molecule has 5 nitrogen and oxygen atoms in total. The van der Waals surface area contributed by atoms with Crippen LogP contribution in [0.2, 0.25) is 0 Å². The number of likely N-dealkylation sites (tertiary alicyclic amines) is 1. The maximum Gasteiger partial charge on any atom is 0.240 e. The fourth-order valence-electron chi connectivity index (χ4n) is 3.87. The zero-order valence-electron chi connectivity index (χ0n) is 11.8. The summed E-state index contributed by atoms with van der Waals surface area (Å²) in [6, 6.07) is 0.234. The van der Waals surface area contributed by atoms with Crippen LogP contribution in [-0.2, 0) is 14.4 Å². The van der Waals surface area contributed by atoms with Crippen molar-refractivity contribution in [3.05, 3.63) is 0 Å². The van der Waals surface area contributed by atoms with E-state index < -0.39 is 0 Å². The van der Waals surface area contributed by atoms with Gasteiger partial charge >= 0.3 is 0 Å². The molecule has 1 heterocycles. The van der Waals surface area contributed by atoms with Gasteiger partial charge in [0.15, 0.2) is 0 Å². The summed E-state index contributed by atoms with van der Waals surface area (Å²) in [7, 11) is 0. The van der Waals surface area contributed by atoms with Gasteiger partial charge in [0, 0.05) is 6.04 Å². The minimum Gasteiger partial charge on any atom is -0.352 e. The molecule has 3 fully saturated rings. The summed E-state index contributed by atoms with van der Waals surface area (Å²) in [4.78, 5) is 37.7. The van der Waals surface area contributed by atoms with Crippen molar-refractivity contribution in [2.75, 3.05) is 6.54 Å². The lowest BCUT2D eigenvalue weighted by atomic mass is 9.81. The average molecular weight is 278 g/mol. The third-order valence-electron chi connectivity index (χ3n) is 4.95. The van der Waals surface area contributed by atoms with E-state index in [4.69, 9.17) is 0 Å². The number of hydrogen-bond donors (Lipinski definition) is 1. The van der Waals surface area contributed by atoms with Gasteiger partial charge in [0.25, 0.3) is 0 Å². The Bertz CT molecular complexity index is 405. The molecule has 0 radical (unpaired) electrons. The molecular formula is C15H22N2O3. The second-order valence-electron chi connectivity index (χ2n) is 6.31. The number of amides is 3. The van der Waals surface area contributed by atoms with Gasteiger partial charge in [-0.3, -0.25) is 19.3 Å². The lowest BCUT2D eigenvalue weighted by Gasteiger charge is -2.19. The van der Waals surface area contributed by atoms with Crippen LogP contribution in [-0.4, -0.2) is 35.2 Å². The van der Waals surface area contributed by atoms with Gasteiger partial charge in [0.05, 0.1) is 11.8 Å². The summed E-state index contributed by atoms with van der Waals surface area (Å²) < 4.78 is 0. The molecule has 2 saturated carbocycles. The Morgan fingerprint density at radius 1 is 0.950 bits per heavy atom. The van der Waals surface area contributed by atoms with Gasteiger partial charge in [-0.2, -0.15) is 0 Å². The number of carbonyl (C=O) groups is 3. The predicted octanol–water partition coefficient (Wildman–Crippen LogP) is 1.22. The first-order chi connectivity index (χ1) is 9.66. The molecule has 0 spiro atoms. The number of hydrogen-bond acceptors (Lipinski definition) is 3. The summed E-state index contributed by atoms with van der Waals surface area (Å²) in [6.45, 7) is -0.0822. The van der Waals surface area contributed by atoms with Gasteiger partial charge < -0.3 is 5.32 Å². The first-order valence-corrected chi connectivity index (χ1v) is 7.81. The maximum absolute atomic E-state index is 12.2. The molecule has 1 aliphatic heterocycles. The fourth-order valence-corrected chi connectivity index (χ4v) is 3.87. The van der Waals surface area contributed by atoms with E-state index in [1.54, 1.807) is 0 Å². The highest BCUT2D eigenvalue weighted by Gasteiger charge is 2.48. The van der Waals surface area contributed by atoms with Crippen LogP contribution in [0, 0.1) is 11.8 Å². The SMILES string of the molecule is O=C(CN1C(=O)[C@H]2CCCC[C@H]2C1=O)NC1CCCC1. The van der Waals surface area contributed by atoms with Crippen molar-refractivity contribution in [3.8, 4) is 0 Å². The van der Waals surface area contributed by atoms with E-state index in [-0.39, 0.29) is 42.1 Å². The predicted molar refractivity (Wildman–Crippen MR) is 72.6 cm³/mol. The van der Waals surface area contributed by atoms with Gasteiger partial charge in [-0.25, -0.2) is 0 Å². The van der Waals surface area contributed by atoms with E-state index in [1.165, 1.54) is 4.90 Å². The third-order valence-corrected chi connectivity index (χ3v) is 4.95.